The average molecular weight is 303 g/mol. The van der Waals surface area contributed by atoms with Gasteiger partial charge in [-0.25, -0.2) is 0 Å². The molecule has 3 nitrogen and oxygen atoms in total. The molecule has 21 heavy (non-hydrogen) atoms. The maximum absolute atomic E-state index is 9.23. The number of benzene rings is 2. The molecule has 1 atom stereocenters. The second-order valence-electron chi connectivity index (χ2n) is 5.04. The van der Waals surface area contributed by atoms with Gasteiger partial charge in [0.15, 0.2) is 0 Å². The van der Waals surface area contributed by atoms with Gasteiger partial charge in [0.1, 0.15) is 0 Å². The molecule has 0 aliphatic heterocycles. The number of halogens is 1. The zero-order chi connectivity index (χ0) is 13.9. The van der Waals surface area contributed by atoms with Crippen molar-refractivity contribution in [1.82, 2.24) is 4.98 Å². The molecule has 0 spiro atoms. The van der Waals surface area contributed by atoms with Crippen molar-refractivity contribution >= 4 is 23.3 Å². The molecule has 1 aromatic heterocycles. The predicted molar refractivity (Wildman–Crippen MR) is 89.7 cm³/mol. The van der Waals surface area contributed by atoms with E-state index in [0.29, 0.717) is 6.42 Å². The first-order chi connectivity index (χ1) is 9.79. The third-order valence-corrected chi connectivity index (χ3v) is 3.58. The van der Waals surface area contributed by atoms with Crippen molar-refractivity contribution in [3.05, 3.63) is 60.2 Å². The van der Waals surface area contributed by atoms with Crippen molar-refractivity contribution in [2.75, 3.05) is 6.61 Å². The highest BCUT2D eigenvalue weighted by atomic mass is 35.5. The van der Waals surface area contributed by atoms with E-state index in [-0.39, 0.29) is 25.1 Å². The number of H-pyrrole nitrogens is 1. The van der Waals surface area contributed by atoms with Gasteiger partial charge in [-0.3, -0.25) is 0 Å². The van der Waals surface area contributed by atoms with Crippen LogP contribution in [0.25, 0.3) is 22.2 Å². The first-order valence-corrected chi connectivity index (χ1v) is 6.81. The molecular formula is C17H19ClN2O. The Morgan fingerprint density at radius 1 is 1.00 bits per heavy atom. The van der Waals surface area contributed by atoms with Crippen LogP contribution in [0.15, 0.2) is 54.6 Å². The lowest BCUT2D eigenvalue weighted by molar-refractivity contribution is 0.265. The molecule has 0 saturated heterocycles. The SMILES string of the molecule is Cl.NC(CO)Cc1c(-c2ccccc2)[nH]c2ccccc12. The number of aliphatic hydroxyl groups excluding tert-OH is 1. The van der Waals surface area contributed by atoms with Crippen molar-refractivity contribution in [3.63, 3.8) is 0 Å². The fraction of sp³-hybridized carbons (Fsp3) is 0.176. The predicted octanol–water partition coefficient (Wildman–Crippen LogP) is 3.12. The number of aromatic amines is 1. The summed E-state index contributed by atoms with van der Waals surface area (Å²) in [4.78, 5) is 3.47. The fourth-order valence-electron chi connectivity index (χ4n) is 2.59. The Bertz CT molecular complexity index is 709. The minimum Gasteiger partial charge on any atom is -0.395 e. The van der Waals surface area contributed by atoms with Crippen molar-refractivity contribution in [3.8, 4) is 11.3 Å². The van der Waals surface area contributed by atoms with Crippen LogP contribution in [0.5, 0.6) is 0 Å². The Morgan fingerprint density at radius 3 is 2.38 bits per heavy atom. The molecule has 0 saturated carbocycles. The van der Waals surface area contributed by atoms with Gasteiger partial charge in [-0.05, 0) is 23.6 Å². The van der Waals surface area contributed by atoms with Crippen LogP contribution < -0.4 is 5.73 Å². The van der Waals surface area contributed by atoms with Crippen molar-refractivity contribution in [2.24, 2.45) is 5.73 Å². The Morgan fingerprint density at radius 2 is 1.67 bits per heavy atom. The van der Waals surface area contributed by atoms with Crippen LogP contribution in [0.2, 0.25) is 0 Å². The summed E-state index contributed by atoms with van der Waals surface area (Å²) in [5, 5.41) is 10.4. The topological polar surface area (TPSA) is 62.0 Å². The normalized spacial score (nSPS) is 12.1. The number of para-hydroxylation sites is 1. The summed E-state index contributed by atoms with van der Waals surface area (Å²) < 4.78 is 0. The van der Waals surface area contributed by atoms with E-state index in [1.807, 2.05) is 30.3 Å². The summed E-state index contributed by atoms with van der Waals surface area (Å²) in [5.41, 5.74) is 10.5. The van der Waals surface area contributed by atoms with Gasteiger partial charge in [-0.1, -0.05) is 48.5 Å². The molecule has 2 aromatic carbocycles. The summed E-state index contributed by atoms with van der Waals surface area (Å²) in [6, 6.07) is 18.2. The Kier molecular flexibility index (Phi) is 5.02. The number of nitrogens with one attached hydrogen (secondary N) is 1. The van der Waals surface area contributed by atoms with E-state index < -0.39 is 0 Å². The number of hydrogen-bond acceptors (Lipinski definition) is 2. The van der Waals surface area contributed by atoms with Gasteiger partial charge in [0.05, 0.1) is 6.61 Å². The van der Waals surface area contributed by atoms with Crippen molar-refractivity contribution in [1.29, 1.82) is 0 Å². The zero-order valence-electron chi connectivity index (χ0n) is 11.6. The number of fused-ring (bicyclic) bond motifs is 1. The second-order valence-corrected chi connectivity index (χ2v) is 5.04. The molecule has 3 rings (SSSR count). The van der Waals surface area contributed by atoms with Crippen LogP contribution in [0.4, 0.5) is 0 Å². The van der Waals surface area contributed by atoms with Crippen LogP contribution in [0.1, 0.15) is 5.56 Å². The fourth-order valence-corrected chi connectivity index (χ4v) is 2.59. The first-order valence-electron chi connectivity index (χ1n) is 6.81. The Labute approximate surface area is 130 Å². The molecule has 110 valence electrons. The van der Waals surface area contributed by atoms with E-state index in [4.69, 9.17) is 5.73 Å². The van der Waals surface area contributed by atoms with Gasteiger partial charge in [0.2, 0.25) is 0 Å². The third kappa shape index (κ3) is 3.10. The largest absolute Gasteiger partial charge is 0.395 e. The number of nitrogens with two attached hydrogens (primary N) is 1. The molecule has 4 heteroatoms. The standard InChI is InChI=1S/C17H18N2O.ClH/c18-13(11-20)10-15-14-8-4-5-9-16(14)19-17(15)12-6-2-1-3-7-12;/h1-9,13,19-20H,10-11,18H2;1H. The van der Waals surface area contributed by atoms with Gasteiger partial charge in [0, 0.05) is 22.6 Å². The quantitative estimate of drug-likeness (QED) is 0.693. The molecule has 1 unspecified atom stereocenters. The summed E-state index contributed by atoms with van der Waals surface area (Å²) >= 11 is 0. The van der Waals surface area contributed by atoms with E-state index in [1.165, 1.54) is 10.9 Å². The Hall–Kier alpha value is -1.81. The first kappa shape index (κ1) is 15.6. The summed E-state index contributed by atoms with van der Waals surface area (Å²) in [6.07, 6.45) is 0.657. The van der Waals surface area contributed by atoms with Crippen LogP contribution in [0.3, 0.4) is 0 Å². The van der Waals surface area contributed by atoms with E-state index in [0.717, 1.165) is 16.8 Å². The van der Waals surface area contributed by atoms with Crippen LogP contribution in [-0.4, -0.2) is 22.7 Å². The van der Waals surface area contributed by atoms with E-state index >= 15 is 0 Å². The summed E-state index contributed by atoms with van der Waals surface area (Å²) in [7, 11) is 0. The maximum Gasteiger partial charge on any atom is 0.0585 e. The maximum atomic E-state index is 9.23. The molecule has 3 aromatic rings. The molecule has 0 amide bonds. The lowest BCUT2D eigenvalue weighted by Gasteiger charge is -2.10. The molecule has 4 N–H and O–H groups in total. The average Bonchev–Trinajstić information content (AvgIpc) is 2.87. The van der Waals surface area contributed by atoms with Gasteiger partial charge in [-0.15, -0.1) is 12.4 Å². The molecule has 0 radical (unpaired) electrons. The van der Waals surface area contributed by atoms with Gasteiger partial charge in [0.25, 0.3) is 0 Å². The van der Waals surface area contributed by atoms with E-state index in [1.54, 1.807) is 0 Å². The second kappa shape index (κ2) is 6.76. The number of hydrogen-bond donors (Lipinski definition) is 3. The number of aliphatic hydroxyl groups is 1. The summed E-state index contributed by atoms with van der Waals surface area (Å²) in [6.45, 7) is -0.00621. The van der Waals surface area contributed by atoms with Crippen molar-refractivity contribution < 1.29 is 5.11 Å². The lowest BCUT2D eigenvalue weighted by Crippen LogP contribution is -2.26. The molecular weight excluding hydrogens is 284 g/mol. The monoisotopic (exact) mass is 302 g/mol. The van der Waals surface area contributed by atoms with Gasteiger partial charge in [-0.2, -0.15) is 0 Å². The minimum atomic E-state index is -0.239. The molecule has 1 heterocycles. The molecule has 0 bridgehead atoms. The van der Waals surface area contributed by atoms with Crippen LogP contribution >= 0.6 is 12.4 Å². The number of rotatable bonds is 4. The van der Waals surface area contributed by atoms with Gasteiger partial charge < -0.3 is 15.8 Å². The smallest absolute Gasteiger partial charge is 0.0585 e. The third-order valence-electron chi connectivity index (χ3n) is 3.58. The molecule has 0 fully saturated rings. The highest BCUT2D eigenvalue weighted by Gasteiger charge is 2.15. The number of aromatic nitrogens is 1. The minimum absolute atomic E-state index is 0. The van der Waals surface area contributed by atoms with Gasteiger partial charge >= 0.3 is 0 Å². The highest BCUT2D eigenvalue weighted by molar-refractivity contribution is 5.90. The van der Waals surface area contributed by atoms with Crippen molar-refractivity contribution in [2.45, 2.75) is 12.5 Å². The van der Waals surface area contributed by atoms with E-state index in [2.05, 4.69) is 29.2 Å². The summed E-state index contributed by atoms with van der Waals surface area (Å²) in [5.74, 6) is 0. The van der Waals surface area contributed by atoms with E-state index in [9.17, 15) is 5.11 Å². The van der Waals surface area contributed by atoms with Crippen LogP contribution in [0, 0.1) is 0 Å². The molecule has 0 aliphatic rings. The van der Waals surface area contributed by atoms with Crippen LogP contribution in [-0.2, 0) is 6.42 Å². The molecule has 0 aliphatic carbocycles. The Balaban J connectivity index is 0.00000161. The highest BCUT2D eigenvalue weighted by Crippen LogP contribution is 2.30. The lowest BCUT2D eigenvalue weighted by atomic mass is 9.99. The zero-order valence-corrected chi connectivity index (χ0v) is 12.4.